The van der Waals surface area contributed by atoms with Crippen LogP contribution in [0.25, 0.3) is 0 Å². The number of anilines is 4. The van der Waals surface area contributed by atoms with Crippen molar-refractivity contribution >= 4 is 45.5 Å². The summed E-state index contributed by atoms with van der Waals surface area (Å²) < 4.78 is 0.226. The summed E-state index contributed by atoms with van der Waals surface area (Å²) in [6.07, 6.45) is 15.6. The van der Waals surface area contributed by atoms with Gasteiger partial charge in [-0.25, -0.2) is 0 Å². The molecule has 53 heavy (non-hydrogen) atoms. The highest BCUT2D eigenvalue weighted by molar-refractivity contribution is 5.99. The van der Waals surface area contributed by atoms with Gasteiger partial charge in [0.25, 0.3) is 0 Å². The van der Waals surface area contributed by atoms with Gasteiger partial charge < -0.3 is 19.6 Å². The lowest BCUT2D eigenvalue weighted by Gasteiger charge is -2.44. The Morgan fingerprint density at radius 1 is 0.302 bits per heavy atom. The van der Waals surface area contributed by atoms with E-state index in [1.165, 1.54) is 0 Å². The van der Waals surface area contributed by atoms with Crippen molar-refractivity contribution in [2.45, 2.75) is 0 Å². The van der Waals surface area contributed by atoms with Gasteiger partial charge in [-0.1, -0.05) is 97.1 Å². The Labute approximate surface area is 319 Å². The van der Waals surface area contributed by atoms with Crippen LogP contribution < -0.4 is 24.1 Å². The maximum absolute atomic E-state index is 4.15. The molecule has 4 rings (SSSR count). The summed E-state index contributed by atoms with van der Waals surface area (Å²) >= 11 is 0. The summed E-state index contributed by atoms with van der Waals surface area (Å²) in [6.45, 7) is 38.3. The summed E-state index contributed by atoms with van der Waals surface area (Å²) in [5.41, 5.74) is 8.50. The molecule has 4 aromatic rings. The van der Waals surface area contributed by atoms with Crippen molar-refractivity contribution in [3.05, 3.63) is 198 Å². The third kappa shape index (κ3) is 8.54. The van der Waals surface area contributed by atoms with Gasteiger partial charge in [0.2, 0.25) is 0 Å². The van der Waals surface area contributed by atoms with E-state index in [1.807, 2.05) is 48.6 Å². The van der Waals surface area contributed by atoms with E-state index in [0.717, 1.165) is 45.5 Å². The van der Waals surface area contributed by atoms with E-state index < -0.39 is 0 Å². The zero-order chi connectivity index (χ0) is 38.1. The standard InChI is InChI=1S/C48H56N5/c1-9-33-49(34-10-2)41-25-17-21-29-45(41)53(46-30-22-18-26-42(46)50(35-11-3)36-12-4,47-31-23-19-27-43(47)51(37-13-5)38-14-6)48-32-24-20-28-44(48)52(39-15-7)40-16-8/h9-32H,1-8,33-40H2/q+1. The summed E-state index contributed by atoms with van der Waals surface area (Å²) in [5, 5.41) is 0. The predicted octanol–water partition coefficient (Wildman–Crippen LogP) is 11.7. The molecule has 0 N–H and O–H groups in total. The van der Waals surface area contributed by atoms with Gasteiger partial charge in [-0.3, -0.25) is 0 Å². The van der Waals surface area contributed by atoms with Crippen molar-refractivity contribution in [1.29, 1.82) is 0 Å². The Morgan fingerprint density at radius 3 is 0.642 bits per heavy atom. The Bertz CT molecular complexity index is 1570. The average Bonchev–Trinajstić information content (AvgIpc) is 3.19. The molecule has 0 bridgehead atoms. The first-order chi connectivity index (χ1) is 26.0. The molecule has 0 radical (unpaired) electrons. The average molecular weight is 703 g/mol. The lowest BCUT2D eigenvalue weighted by atomic mass is 10.00. The van der Waals surface area contributed by atoms with Crippen molar-refractivity contribution in [3.8, 4) is 0 Å². The van der Waals surface area contributed by atoms with Crippen molar-refractivity contribution in [3.63, 3.8) is 0 Å². The Hall–Kier alpha value is -6.04. The van der Waals surface area contributed by atoms with E-state index in [4.69, 9.17) is 0 Å². The van der Waals surface area contributed by atoms with Crippen LogP contribution in [0.15, 0.2) is 198 Å². The first-order valence-electron chi connectivity index (χ1n) is 18.2. The molecular weight excluding hydrogens is 647 g/mol. The molecule has 5 nitrogen and oxygen atoms in total. The maximum atomic E-state index is 4.15. The molecule has 0 unspecified atom stereocenters. The fourth-order valence-corrected chi connectivity index (χ4v) is 7.17. The summed E-state index contributed by atoms with van der Waals surface area (Å²) in [5.74, 6) is 0. The quantitative estimate of drug-likeness (QED) is 0.0532. The van der Waals surface area contributed by atoms with Crippen LogP contribution in [0.3, 0.4) is 0 Å². The fourth-order valence-electron chi connectivity index (χ4n) is 7.17. The SMILES string of the molecule is C=CCN(CC=C)c1ccccc1[N+](c1ccccc1N(CC=C)CC=C)(c1ccccc1N(CC=C)CC=C)c1ccccc1N(CC=C)CC=C. The number of nitrogens with zero attached hydrogens (tertiary/aromatic N) is 5. The molecule has 0 aliphatic heterocycles. The summed E-state index contributed by atoms with van der Waals surface area (Å²) in [6, 6.07) is 34.9. The van der Waals surface area contributed by atoms with Crippen molar-refractivity contribution < 1.29 is 0 Å². The molecule has 0 aromatic heterocycles. The molecule has 0 aliphatic carbocycles. The minimum atomic E-state index is 0.226. The van der Waals surface area contributed by atoms with E-state index in [-0.39, 0.29) is 4.48 Å². The first kappa shape index (κ1) is 39.7. The highest BCUT2D eigenvalue weighted by atomic mass is 15.4. The molecule has 0 saturated carbocycles. The topological polar surface area (TPSA) is 13.0 Å². The molecule has 0 saturated heterocycles. The lowest BCUT2D eigenvalue weighted by molar-refractivity contribution is 0.689. The summed E-state index contributed by atoms with van der Waals surface area (Å²) in [7, 11) is 0. The fraction of sp³-hybridized carbons (Fsp3) is 0.167. The van der Waals surface area contributed by atoms with Gasteiger partial charge in [0.05, 0.1) is 0 Å². The highest BCUT2D eigenvalue weighted by Gasteiger charge is 2.48. The van der Waals surface area contributed by atoms with Gasteiger partial charge in [0, 0.05) is 76.6 Å². The van der Waals surface area contributed by atoms with Crippen LogP contribution in [0.2, 0.25) is 0 Å². The molecule has 0 aliphatic rings. The van der Waals surface area contributed by atoms with Crippen LogP contribution in [0.1, 0.15) is 0 Å². The van der Waals surface area contributed by atoms with E-state index >= 15 is 0 Å². The molecular formula is C48H56N5+. The summed E-state index contributed by atoms with van der Waals surface area (Å²) in [4.78, 5) is 9.33. The molecule has 0 amide bonds. The molecule has 0 atom stereocenters. The first-order valence-corrected chi connectivity index (χ1v) is 18.2. The lowest BCUT2D eigenvalue weighted by Crippen LogP contribution is -2.40. The van der Waals surface area contributed by atoms with Gasteiger partial charge >= 0.3 is 0 Å². The monoisotopic (exact) mass is 702 g/mol. The highest BCUT2D eigenvalue weighted by Crippen LogP contribution is 2.61. The van der Waals surface area contributed by atoms with Crippen LogP contribution in [-0.2, 0) is 0 Å². The van der Waals surface area contributed by atoms with Crippen LogP contribution in [-0.4, -0.2) is 52.4 Å². The zero-order valence-corrected chi connectivity index (χ0v) is 31.4. The number of rotatable bonds is 24. The molecule has 272 valence electrons. The third-order valence-electron chi connectivity index (χ3n) is 9.13. The van der Waals surface area contributed by atoms with Crippen LogP contribution >= 0.6 is 0 Å². The van der Waals surface area contributed by atoms with Crippen molar-refractivity contribution in [1.82, 2.24) is 4.48 Å². The Kier molecular flexibility index (Phi) is 15.1. The minimum Gasteiger partial charge on any atom is -0.359 e. The number of benzene rings is 4. The van der Waals surface area contributed by atoms with Crippen molar-refractivity contribution in [2.24, 2.45) is 0 Å². The molecule has 4 aromatic carbocycles. The van der Waals surface area contributed by atoms with E-state index in [2.05, 4.69) is 169 Å². The van der Waals surface area contributed by atoms with Gasteiger partial charge in [0.1, 0.15) is 22.7 Å². The van der Waals surface area contributed by atoms with Gasteiger partial charge in [0.15, 0.2) is 22.7 Å². The molecule has 5 heteroatoms. The second kappa shape index (κ2) is 20.1. The predicted molar refractivity (Wildman–Crippen MR) is 237 cm³/mol. The van der Waals surface area contributed by atoms with Gasteiger partial charge in [-0.05, 0) is 24.3 Å². The zero-order valence-electron chi connectivity index (χ0n) is 31.4. The van der Waals surface area contributed by atoms with E-state index in [9.17, 15) is 0 Å². The van der Waals surface area contributed by atoms with Crippen LogP contribution in [0, 0.1) is 0 Å². The second-order valence-electron chi connectivity index (χ2n) is 12.6. The van der Waals surface area contributed by atoms with E-state index in [1.54, 1.807) is 0 Å². The minimum absolute atomic E-state index is 0.226. The third-order valence-corrected chi connectivity index (χ3v) is 9.13. The largest absolute Gasteiger partial charge is 0.359 e. The van der Waals surface area contributed by atoms with E-state index in [0.29, 0.717) is 52.4 Å². The Morgan fingerprint density at radius 2 is 0.472 bits per heavy atom. The number of hydrogen-bond donors (Lipinski definition) is 0. The second-order valence-corrected chi connectivity index (χ2v) is 12.6. The molecule has 0 fully saturated rings. The van der Waals surface area contributed by atoms with Gasteiger partial charge in [-0.15, -0.1) is 52.6 Å². The Balaban J connectivity index is 2.44. The number of hydrogen-bond acceptors (Lipinski definition) is 4. The normalized spacial score (nSPS) is 10.7. The number of para-hydroxylation sites is 8. The smallest absolute Gasteiger partial charge is 0.171 e. The molecule has 0 heterocycles. The van der Waals surface area contributed by atoms with Crippen molar-refractivity contribution in [2.75, 3.05) is 72.0 Å². The maximum Gasteiger partial charge on any atom is 0.171 e. The van der Waals surface area contributed by atoms with Crippen LogP contribution in [0.4, 0.5) is 45.5 Å². The van der Waals surface area contributed by atoms with Crippen LogP contribution in [0.5, 0.6) is 0 Å². The molecule has 0 spiro atoms. The van der Waals surface area contributed by atoms with Gasteiger partial charge in [-0.2, -0.15) is 4.48 Å². The number of quaternary nitrogens is 1.